The summed E-state index contributed by atoms with van der Waals surface area (Å²) in [6, 6.07) is 0. The maximum atomic E-state index is 11.1. The van der Waals surface area contributed by atoms with Crippen LogP contribution in [0.4, 0.5) is 5.82 Å². The minimum atomic E-state index is -0.912. The normalized spacial score (nSPS) is 11.1. The van der Waals surface area contributed by atoms with E-state index in [9.17, 15) is 4.79 Å². The van der Waals surface area contributed by atoms with E-state index in [-0.39, 0.29) is 0 Å². The summed E-state index contributed by atoms with van der Waals surface area (Å²) >= 11 is 1.19. The van der Waals surface area contributed by atoms with E-state index in [1.54, 1.807) is 6.92 Å². The lowest BCUT2D eigenvalue weighted by atomic mass is 10.2. The van der Waals surface area contributed by atoms with Crippen LogP contribution >= 0.6 is 11.3 Å². The quantitative estimate of drug-likeness (QED) is 0.889. The van der Waals surface area contributed by atoms with E-state index >= 15 is 0 Å². The summed E-state index contributed by atoms with van der Waals surface area (Å²) < 4.78 is 0. The third-order valence-corrected chi connectivity index (χ3v) is 3.79. The van der Waals surface area contributed by atoms with Crippen molar-refractivity contribution in [1.29, 1.82) is 0 Å². The van der Waals surface area contributed by atoms with Crippen LogP contribution < -0.4 is 5.32 Å². The Kier molecular flexibility index (Phi) is 3.47. The highest BCUT2D eigenvalue weighted by Gasteiger charge is 2.18. The van der Waals surface area contributed by atoms with Crippen molar-refractivity contribution in [1.82, 2.24) is 9.97 Å². The molecule has 2 N–H and O–H groups in total. The first-order chi connectivity index (χ1) is 8.50. The molecular weight excluding hydrogens is 250 g/mol. The third-order valence-electron chi connectivity index (χ3n) is 2.60. The number of anilines is 1. The predicted molar refractivity (Wildman–Crippen MR) is 72.4 cm³/mol. The fourth-order valence-corrected chi connectivity index (χ4v) is 2.70. The van der Waals surface area contributed by atoms with Gasteiger partial charge in [-0.15, -0.1) is 11.3 Å². The molecule has 0 amide bonds. The summed E-state index contributed by atoms with van der Waals surface area (Å²) in [4.78, 5) is 20.5. The Labute approximate surface area is 109 Å². The highest BCUT2D eigenvalue weighted by molar-refractivity contribution is 7.20. The minimum Gasteiger partial charge on any atom is -0.477 e. The summed E-state index contributed by atoms with van der Waals surface area (Å²) in [7, 11) is 0. The lowest BCUT2D eigenvalue weighted by molar-refractivity contribution is 0.0701. The van der Waals surface area contributed by atoms with Crippen LogP contribution in [0, 0.1) is 12.8 Å². The molecule has 96 valence electrons. The molecule has 18 heavy (non-hydrogen) atoms. The first-order valence-electron chi connectivity index (χ1n) is 5.72. The largest absolute Gasteiger partial charge is 0.477 e. The highest BCUT2D eigenvalue weighted by atomic mass is 32.1. The van der Waals surface area contributed by atoms with Crippen molar-refractivity contribution >= 4 is 33.3 Å². The average Bonchev–Trinajstić information content (AvgIpc) is 2.65. The zero-order chi connectivity index (χ0) is 13.3. The van der Waals surface area contributed by atoms with Gasteiger partial charge in [-0.05, 0) is 18.4 Å². The molecule has 0 spiro atoms. The number of aromatic carboxylic acids is 1. The van der Waals surface area contributed by atoms with Crippen LogP contribution in [0.3, 0.4) is 0 Å². The maximum Gasteiger partial charge on any atom is 0.346 e. The zero-order valence-corrected chi connectivity index (χ0v) is 11.3. The number of hydrogen-bond acceptors (Lipinski definition) is 5. The van der Waals surface area contributed by atoms with Crippen LogP contribution in [-0.4, -0.2) is 27.6 Å². The van der Waals surface area contributed by atoms with E-state index in [1.807, 2.05) is 0 Å². The first kappa shape index (κ1) is 12.8. The van der Waals surface area contributed by atoms with Crippen LogP contribution in [0.25, 0.3) is 10.2 Å². The van der Waals surface area contributed by atoms with E-state index in [4.69, 9.17) is 5.11 Å². The molecule has 0 atom stereocenters. The van der Waals surface area contributed by atoms with Crippen molar-refractivity contribution in [2.45, 2.75) is 20.8 Å². The van der Waals surface area contributed by atoms with Gasteiger partial charge in [-0.3, -0.25) is 0 Å². The highest BCUT2D eigenvalue weighted by Crippen LogP contribution is 2.33. The number of aryl methyl sites for hydroxylation is 1. The molecule has 0 bridgehead atoms. The number of carboxylic acids is 1. The Hall–Kier alpha value is -1.69. The number of nitrogens with zero attached hydrogens (tertiary/aromatic N) is 2. The zero-order valence-electron chi connectivity index (χ0n) is 10.5. The number of nitrogens with one attached hydrogen (secondary N) is 1. The smallest absolute Gasteiger partial charge is 0.346 e. The third kappa shape index (κ3) is 2.28. The van der Waals surface area contributed by atoms with Gasteiger partial charge in [0.05, 0.1) is 5.39 Å². The van der Waals surface area contributed by atoms with Crippen LogP contribution in [0.1, 0.15) is 29.1 Å². The molecule has 2 aromatic rings. The minimum absolute atomic E-state index is 0.332. The lowest BCUT2D eigenvalue weighted by Crippen LogP contribution is -2.09. The topological polar surface area (TPSA) is 75.1 Å². The fraction of sp³-hybridized carbons (Fsp3) is 0.417. The second kappa shape index (κ2) is 4.89. The number of aromatic nitrogens is 2. The van der Waals surface area contributed by atoms with Gasteiger partial charge in [0.25, 0.3) is 0 Å². The number of fused-ring (bicyclic) bond motifs is 1. The summed E-state index contributed by atoms with van der Waals surface area (Å²) in [5.41, 5.74) is 0.731. The number of rotatable bonds is 4. The molecule has 0 saturated heterocycles. The van der Waals surface area contributed by atoms with Crippen molar-refractivity contribution in [2.75, 3.05) is 11.9 Å². The van der Waals surface area contributed by atoms with Crippen molar-refractivity contribution in [2.24, 2.45) is 5.92 Å². The molecule has 0 fully saturated rings. The van der Waals surface area contributed by atoms with Gasteiger partial charge >= 0.3 is 5.97 Å². The second-order valence-corrected chi connectivity index (χ2v) is 5.54. The molecule has 0 saturated carbocycles. The molecule has 0 aliphatic heterocycles. The van der Waals surface area contributed by atoms with Gasteiger partial charge in [0, 0.05) is 6.54 Å². The first-order valence-corrected chi connectivity index (χ1v) is 6.53. The van der Waals surface area contributed by atoms with Crippen molar-refractivity contribution < 1.29 is 9.90 Å². The maximum absolute atomic E-state index is 11.1. The summed E-state index contributed by atoms with van der Waals surface area (Å²) in [5, 5.41) is 13.2. The monoisotopic (exact) mass is 265 g/mol. The molecule has 0 unspecified atom stereocenters. The van der Waals surface area contributed by atoms with Gasteiger partial charge in [0.15, 0.2) is 0 Å². The standard InChI is InChI=1S/C12H15N3O2S/c1-6(2)4-13-10-8-7(3)9(12(16)17)18-11(8)15-5-14-10/h5-6H,4H2,1-3H3,(H,16,17)(H,13,14,15). The lowest BCUT2D eigenvalue weighted by Gasteiger charge is -2.09. The molecule has 2 rings (SSSR count). The Morgan fingerprint density at radius 3 is 2.83 bits per heavy atom. The summed E-state index contributed by atoms with van der Waals surface area (Å²) in [6.07, 6.45) is 1.46. The van der Waals surface area contributed by atoms with Crippen LogP contribution in [-0.2, 0) is 0 Å². The van der Waals surface area contributed by atoms with Crippen molar-refractivity contribution in [3.05, 3.63) is 16.8 Å². The van der Waals surface area contributed by atoms with Crippen molar-refractivity contribution in [3.8, 4) is 0 Å². The van der Waals surface area contributed by atoms with Gasteiger partial charge in [0.2, 0.25) is 0 Å². The Balaban J connectivity index is 2.51. The van der Waals surface area contributed by atoms with E-state index in [0.717, 1.165) is 23.3 Å². The van der Waals surface area contributed by atoms with E-state index in [1.165, 1.54) is 17.7 Å². The van der Waals surface area contributed by atoms with E-state index in [2.05, 4.69) is 29.1 Å². The number of carboxylic acid groups (broad SMARTS) is 1. The molecule has 2 heterocycles. The van der Waals surface area contributed by atoms with E-state index < -0.39 is 5.97 Å². The van der Waals surface area contributed by atoms with Gasteiger partial charge in [0.1, 0.15) is 21.9 Å². The molecule has 0 aromatic carbocycles. The van der Waals surface area contributed by atoms with Crippen LogP contribution in [0.5, 0.6) is 0 Å². The van der Waals surface area contributed by atoms with Gasteiger partial charge < -0.3 is 10.4 Å². The van der Waals surface area contributed by atoms with Crippen molar-refractivity contribution in [3.63, 3.8) is 0 Å². The summed E-state index contributed by atoms with van der Waals surface area (Å²) in [6.45, 7) is 6.80. The SMILES string of the molecule is Cc1c(C(=O)O)sc2ncnc(NCC(C)C)c12. The molecule has 0 aliphatic rings. The molecule has 2 aromatic heterocycles. The molecule has 6 heteroatoms. The van der Waals surface area contributed by atoms with Crippen LogP contribution in [0.2, 0.25) is 0 Å². The van der Waals surface area contributed by atoms with Gasteiger partial charge in [-0.2, -0.15) is 0 Å². The Bertz CT molecular complexity index is 592. The number of hydrogen-bond donors (Lipinski definition) is 2. The van der Waals surface area contributed by atoms with Gasteiger partial charge in [-0.1, -0.05) is 13.8 Å². The predicted octanol–water partition coefficient (Wildman–Crippen LogP) is 2.77. The van der Waals surface area contributed by atoms with Crippen LogP contribution in [0.15, 0.2) is 6.33 Å². The van der Waals surface area contributed by atoms with Gasteiger partial charge in [-0.25, -0.2) is 14.8 Å². The Morgan fingerprint density at radius 1 is 1.50 bits per heavy atom. The second-order valence-electron chi connectivity index (χ2n) is 4.54. The number of thiophene rings is 1. The molecule has 5 nitrogen and oxygen atoms in total. The van der Waals surface area contributed by atoms with E-state index in [0.29, 0.717) is 15.6 Å². The fourth-order valence-electron chi connectivity index (χ4n) is 1.71. The molecular formula is C12H15N3O2S. The summed E-state index contributed by atoms with van der Waals surface area (Å²) in [5.74, 6) is 0.299. The molecule has 0 radical (unpaired) electrons. The molecule has 0 aliphatic carbocycles. The number of carbonyl (C=O) groups is 1. The average molecular weight is 265 g/mol. The Morgan fingerprint density at radius 2 is 2.22 bits per heavy atom.